The highest BCUT2D eigenvalue weighted by molar-refractivity contribution is 5.87. The van der Waals surface area contributed by atoms with Crippen molar-refractivity contribution in [2.75, 3.05) is 26.3 Å². The van der Waals surface area contributed by atoms with Gasteiger partial charge in [-0.05, 0) is 31.9 Å². The third-order valence-corrected chi connectivity index (χ3v) is 4.10. The van der Waals surface area contributed by atoms with Gasteiger partial charge in [-0.25, -0.2) is 0 Å². The topological polar surface area (TPSA) is 97.0 Å². The van der Waals surface area contributed by atoms with Crippen LogP contribution in [-0.2, 0) is 14.4 Å². The number of nitrogens with one attached hydrogen (secondary N) is 2. The molecule has 1 aromatic rings. The van der Waals surface area contributed by atoms with Crippen molar-refractivity contribution in [3.05, 3.63) is 24.3 Å². The van der Waals surface area contributed by atoms with Crippen LogP contribution < -0.4 is 20.3 Å². The van der Waals surface area contributed by atoms with Crippen molar-refractivity contribution < 1.29 is 23.9 Å². The third kappa shape index (κ3) is 7.16. The van der Waals surface area contributed by atoms with E-state index in [9.17, 15) is 14.4 Å². The number of rotatable bonds is 7. The van der Waals surface area contributed by atoms with Crippen LogP contribution in [0.25, 0.3) is 0 Å². The van der Waals surface area contributed by atoms with Crippen molar-refractivity contribution in [1.82, 2.24) is 15.8 Å². The molecule has 8 nitrogen and oxygen atoms in total. The molecule has 1 aliphatic heterocycles. The summed E-state index contributed by atoms with van der Waals surface area (Å²) in [7, 11) is 0. The van der Waals surface area contributed by atoms with Gasteiger partial charge in [0.05, 0.1) is 6.61 Å². The SMILES string of the molecule is CCOc1ccccc1OCC(=O)NNC(=O)CN1CCCCCCC1=O. The fourth-order valence-corrected chi connectivity index (χ4v) is 2.76. The minimum atomic E-state index is -0.506. The third-order valence-electron chi connectivity index (χ3n) is 4.10. The Balaban J connectivity index is 1.73. The standard InChI is InChI=1S/C19H27N3O5/c1-2-26-15-9-6-7-10-16(15)27-14-18(24)21-20-17(23)13-22-12-8-4-3-5-11-19(22)25/h6-7,9-10H,2-5,8,11-14H2,1H3,(H,20,23)(H,21,24). The quantitative estimate of drug-likeness (QED) is 0.700. The first-order chi connectivity index (χ1) is 13.1. The molecule has 3 amide bonds. The van der Waals surface area contributed by atoms with Crippen LogP contribution in [0.2, 0.25) is 0 Å². The molecule has 0 saturated carbocycles. The minimum Gasteiger partial charge on any atom is -0.490 e. The summed E-state index contributed by atoms with van der Waals surface area (Å²) in [6, 6.07) is 7.03. The predicted octanol–water partition coefficient (Wildman–Crippen LogP) is 1.40. The van der Waals surface area contributed by atoms with Gasteiger partial charge in [-0.2, -0.15) is 0 Å². The molecular weight excluding hydrogens is 350 g/mol. The highest BCUT2D eigenvalue weighted by atomic mass is 16.5. The van der Waals surface area contributed by atoms with Gasteiger partial charge in [-0.3, -0.25) is 25.2 Å². The lowest BCUT2D eigenvalue weighted by atomic mass is 10.1. The zero-order valence-electron chi connectivity index (χ0n) is 15.7. The van der Waals surface area contributed by atoms with Crippen molar-refractivity contribution in [2.24, 2.45) is 0 Å². The number of carbonyl (C=O) groups excluding carboxylic acids is 3. The van der Waals surface area contributed by atoms with Crippen molar-refractivity contribution in [3.63, 3.8) is 0 Å². The first-order valence-electron chi connectivity index (χ1n) is 9.30. The monoisotopic (exact) mass is 377 g/mol. The molecule has 0 radical (unpaired) electrons. The normalized spacial score (nSPS) is 14.7. The largest absolute Gasteiger partial charge is 0.490 e. The highest BCUT2D eigenvalue weighted by Gasteiger charge is 2.18. The molecule has 0 atom stereocenters. The molecule has 0 unspecified atom stereocenters. The van der Waals surface area contributed by atoms with Gasteiger partial charge in [0.15, 0.2) is 18.1 Å². The molecule has 1 saturated heterocycles. The van der Waals surface area contributed by atoms with Crippen LogP contribution in [0.4, 0.5) is 0 Å². The molecule has 0 aliphatic carbocycles. The number of nitrogens with zero attached hydrogens (tertiary/aromatic N) is 1. The van der Waals surface area contributed by atoms with E-state index < -0.39 is 11.8 Å². The van der Waals surface area contributed by atoms with Crippen molar-refractivity contribution in [1.29, 1.82) is 0 Å². The summed E-state index contributed by atoms with van der Waals surface area (Å²) in [5, 5.41) is 0. The molecule has 1 aliphatic rings. The number of hydrazine groups is 1. The molecular formula is C19H27N3O5. The molecule has 2 rings (SSSR count). The lowest BCUT2D eigenvalue weighted by Gasteiger charge is -2.24. The molecule has 0 bridgehead atoms. The number of para-hydroxylation sites is 2. The summed E-state index contributed by atoms with van der Waals surface area (Å²) >= 11 is 0. The van der Waals surface area contributed by atoms with E-state index in [1.54, 1.807) is 18.2 Å². The number of ether oxygens (including phenoxy) is 2. The van der Waals surface area contributed by atoms with Gasteiger partial charge in [0.1, 0.15) is 6.54 Å². The van der Waals surface area contributed by atoms with Crippen LogP contribution in [0.3, 0.4) is 0 Å². The average molecular weight is 377 g/mol. The van der Waals surface area contributed by atoms with Gasteiger partial charge < -0.3 is 14.4 Å². The maximum atomic E-state index is 12.0. The first kappa shape index (κ1) is 20.5. The lowest BCUT2D eigenvalue weighted by molar-refractivity contribution is -0.137. The van der Waals surface area contributed by atoms with Crippen LogP contribution in [0.15, 0.2) is 24.3 Å². The summed E-state index contributed by atoms with van der Waals surface area (Å²) in [5.74, 6) is 0.0344. The molecule has 27 heavy (non-hydrogen) atoms. The van der Waals surface area contributed by atoms with Gasteiger partial charge in [0, 0.05) is 13.0 Å². The summed E-state index contributed by atoms with van der Waals surface area (Å²) in [4.78, 5) is 37.4. The summed E-state index contributed by atoms with van der Waals surface area (Å²) in [6.45, 7) is 2.57. The van der Waals surface area contributed by atoms with E-state index >= 15 is 0 Å². The van der Waals surface area contributed by atoms with Crippen LogP contribution in [0.5, 0.6) is 11.5 Å². The highest BCUT2D eigenvalue weighted by Crippen LogP contribution is 2.26. The van der Waals surface area contributed by atoms with Crippen molar-refractivity contribution in [2.45, 2.75) is 39.0 Å². The number of benzene rings is 1. The zero-order valence-corrected chi connectivity index (χ0v) is 15.7. The summed E-state index contributed by atoms with van der Waals surface area (Å²) in [6.07, 6.45) is 4.32. The Kier molecular flexibility index (Phi) is 8.41. The van der Waals surface area contributed by atoms with E-state index in [1.807, 2.05) is 13.0 Å². The fourth-order valence-electron chi connectivity index (χ4n) is 2.76. The Morgan fingerprint density at radius 3 is 2.41 bits per heavy atom. The van der Waals surface area contributed by atoms with Crippen molar-refractivity contribution >= 4 is 17.7 Å². The lowest BCUT2D eigenvalue weighted by Crippen LogP contribution is -2.49. The van der Waals surface area contributed by atoms with Gasteiger partial charge in [0.25, 0.3) is 11.8 Å². The maximum Gasteiger partial charge on any atom is 0.276 e. The number of hydrogen-bond donors (Lipinski definition) is 2. The second kappa shape index (κ2) is 11.1. The van der Waals surface area contributed by atoms with Gasteiger partial charge in [-0.15, -0.1) is 0 Å². The second-order valence-electron chi connectivity index (χ2n) is 6.24. The number of amides is 3. The van der Waals surface area contributed by atoms with Crippen LogP contribution in [-0.4, -0.2) is 48.9 Å². The minimum absolute atomic E-state index is 0.0213. The predicted molar refractivity (Wildman–Crippen MR) is 99.1 cm³/mol. The number of likely N-dealkylation sites (tertiary alicyclic amines) is 1. The van der Waals surface area contributed by atoms with Crippen LogP contribution in [0, 0.1) is 0 Å². The Hall–Kier alpha value is -2.77. The van der Waals surface area contributed by atoms with Gasteiger partial charge in [0.2, 0.25) is 5.91 Å². The number of carbonyl (C=O) groups is 3. The van der Waals surface area contributed by atoms with E-state index in [1.165, 1.54) is 4.90 Å². The van der Waals surface area contributed by atoms with E-state index in [4.69, 9.17) is 9.47 Å². The zero-order chi connectivity index (χ0) is 19.5. The van der Waals surface area contributed by atoms with Crippen LogP contribution >= 0.6 is 0 Å². The molecule has 1 fully saturated rings. The Morgan fingerprint density at radius 2 is 1.67 bits per heavy atom. The molecule has 1 aromatic carbocycles. The molecule has 8 heteroatoms. The maximum absolute atomic E-state index is 12.0. The Labute approximate surface area is 159 Å². The molecule has 0 spiro atoms. The fraction of sp³-hybridized carbons (Fsp3) is 0.526. The van der Waals surface area contributed by atoms with Gasteiger partial charge >= 0.3 is 0 Å². The van der Waals surface area contributed by atoms with E-state index in [2.05, 4.69) is 10.9 Å². The molecule has 1 heterocycles. The molecule has 148 valence electrons. The van der Waals surface area contributed by atoms with Crippen molar-refractivity contribution in [3.8, 4) is 11.5 Å². The smallest absolute Gasteiger partial charge is 0.276 e. The van der Waals surface area contributed by atoms with E-state index in [-0.39, 0.29) is 19.1 Å². The van der Waals surface area contributed by atoms with E-state index in [0.717, 1.165) is 25.7 Å². The first-order valence-corrected chi connectivity index (χ1v) is 9.30. The Morgan fingerprint density at radius 1 is 1.00 bits per heavy atom. The number of hydrogen-bond acceptors (Lipinski definition) is 5. The van der Waals surface area contributed by atoms with Crippen LogP contribution in [0.1, 0.15) is 39.0 Å². The summed E-state index contributed by atoms with van der Waals surface area (Å²) < 4.78 is 10.8. The summed E-state index contributed by atoms with van der Waals surface area (Å²) in [5.41, 5.74) is 4.61. The van der Waals surface area contributed by atoms with Gasteiger partial charge in [-0.1, -0.05) is 25.0 Å². The second-order valence-corrected chi connectivity index (χ2v) is 6.24. The van der Waals surface area contributed by atoms with E-state index in [0.29, 0.717) is 31.1 Å². The Bertz CT molecular complexity index is 650. The molecule has 0 aromatic heterocycles. The molecule has 2 N–H and O–H groups in total. The average Bonchev–Trinajstić information content (AvgIpc) is 2.65.